The zero-order valence-electron chi connectivity index (χ0n) is 7.36. The number of nitrogens with zero attached hydrogens (tertiary/aromatic N) is 2. The van der Waals surface area contributed by atoms with Crippen molar-refractivity contribution in [2.75, 3.05) is 0 Å². The van der Waals surface area contributed by atoms with Crippen molar-refractivity contribution in [3.8, 4) is 0 Å². The molecule has 0 bridgehead atoms. The van der Waals surface area contributed by atoms with Crippen molar-refractivity contribution in [1.82, 2.24) is 9.61 Å². The molecule has 0 saturated carbocycles. The van der Waals surface area contributed by atoms with Crippen LogP contribution in [0.15, 0.2) is 30.6 Å². The highest BCUT2D eigenvalue weighted by Crippen LogP contribution is 2.08. The van der Waals surface area contributed by atoms with Gasteiger partial charge in [-0.1, -0.05) is 6.07 Å². The van der Waals surface area contributed by atoms with Gasteiger partial charge in [0.15, 0.2) is 0 Å². The molecule has 0 aliphatic carbocycles. The number of pyridine rings is 1. The molecule has 0 fully saturated rings. The minimum atomic E-state index is -0.948. The van der Waals surface area contributed by atoms with Crippen LogP contribution in [-0.4, -0.2) is 20.7 Å². The summed E-state index contributed by atoms with van der Waals surface area (Å²) in [5, 5.41) is 12.6. The monoisotopic (exact) mass is 270 g/mol. The maximum Gasteiger partial charge on any atom is 0.339 e. The molecule has 4 nitrogen and oxygen atoms in total. The van der Waals surface area contributed by atoms with Crippen molar-refractivity contribution in [1.29, 1.82) is 0 Å². The van der Waals surface area contributed by atoms with Crippen molar-refractivity contribution in [3.05, 3.63) is 36.2 Å². The summed E-state index contributed by atoms with van der Waals surface area (Å²) in [7, 11) is 0. The van der Waals surface area contributed by atoms with E-state index < -0.39 is 5.97 Å². The Morgan fingerprint density at radius 3 is 2.53 bits per heavy atom. The fourth-order valence-corrected chi connectivity index (χ4v) is 1.10. The molecule has 0 unspecified atom stereocenters. The summed E-state index contributed by atoms with van der Waals surface area (Å²) >= 11 is 0. The van der Waals surface area contributed by atoms with Crippen LogP contribution < -0.4 is 0 Å². The molecule has 2 aromatic heterocycles. The topological polar surface area (TPSA) is 54.6 Å². The van der Waals surface area contributed by atoms with Gasteiger partial charge in [0.25, 0.3) is 0 Å². The van der Waals surface area contributed by atoms with Crippen molar-refractivity contribution in [2.45, 2.75) is 0 Å². The van der Waals surface area contributed by atoms with Gasteiger partial charge in [-0.15, -0.1) is 37.2 Å². The summed E-state index contributed by atoms with van der Waals surface area (Å²) in [6.07, 6.45) is 3.06. The van der Waals surface area contributed by atoms with Gasteiger partial charge < -0.3 is 5.11 Å². The molecule has 0 spiro atoms. The molecule has 0 aromatic carbocycles. The van der Waals surface area contributed by atoms with Gasteiger partial charge in [-0.25, -0.2) is 9.31 Å². The van der Waals surface area contributed by atoms with Crippen LogP contribution in [0.25, 0.3) is 5.52 Å². The van der Waals surface area contributed by atoms with Gasteiger partial charge in [-0.2, -0.15) is 5.10 Å². The highest BCUT2D eigenvalue weighted by Gasteiger charge is 2.08. The minimum absolute atomic E-state index is 0. The van der Waals surface area contributed by atoms with Crippen LogP contribution in [0.3, 0.4) is 0 Å². The summed E-state index contributed by atoms with van der Waals surface area (Å²) in [6, 6.07) is 5.30. The Hall–Kier alpha value is -0.970. The standard InChI is InChI=1S/C8H6N2O2.3ClH/c11-8(12)6-5-9-10-4-2-1-3-7(6)10;;;/h1-5H,(H,11,12);3*1H. The van der Waals surface area contributed by atoms with Gasteiger partial charge in [-0.3, -0.25) is 0 Å². The van der Waals surface area contributed by atoms with Crippen molar-refractivity contribution in [2.24, 2.45) is 0 Å². The molecule has 0 aliphatic rings. The molecule has 15 heavy (non-hydrogen) atoms. The molecular weight excluding hydrogens is 262 g/mol. The van der Waals surface area contributed by atoms with Crippen LogP contribution in [0.5, 0.6) is 0 Å². The van der Waals surface area contributed by atoms with Gasteiger partial charge in [0.1, 0.15) is 5.56 Å². The molecule has 2 rings (SSSR count). The maximum absolute atomic E-state index is 10.6. The van der Waals surface area contributed by atoms with Gasteiger partial charge >= 0.3 is 5.97 Å². The van der Waals surface area contributed by atoms with Crippen LogP contribution in [-0.2, 0) is 0 Å². The van der Waals surface area contributed by atoms with E-state index >= 15 is 0 Å². The van der Waals surface area contributed by atoms with E-state index in [1.165, 1.54) is 10.7 Å². The first-order chi connectivity index (χ1) is 5.79. The van der Waals surface area contributed by atoms with E-state index in [1.807, 2.05) is 0 Å². The Labute approximate surface area is 105 Å². The number of halogens is 3. The molecule has 2 heterocycles. The van der Waals surface area contributed by atoms with E-state index in [1.54, 1.807) is 24.4 Å². The van der Waals surface area contributed by atoms with Gasteiger partial charge in [0.05, 0.1) is 11.7 Å². The molecule has 0 saturated heterocycles. The van der Waals surface area contributed by atoms with Crippen LogP contribution in [0.2, 0.25) is 0 Å². The maximum atomic E-state index is 10.6. The summed E-state index contributed by atoms with van der Waals surface area (Å²) in [4.78, 5) is 10.6. The predicted molar refractivity (Wildman–Crippen MR) is 63.9 cm³/mol. The predicted octanol–water partition coefficient (Wildman–Crippen LogP) is 2.30. The Balaban J connectivity index is 0. The highest BCUT2D eigenvalue weighted by molar-refractivity contribution is 5.95. The number of carbonyl (C=O) groups is 1. The van der Waals surface area contributed by atoms with E-state index in [0.717, 1.165) is 0 Å². The van der Waals surface area contributed by atoms with Gasteiger partial charge in [0, 0.05) is 6.20 Å². The van der Waals surface area contributed by atoms with E-state index in [9.17, 15) is 4.79 Å². The van der Waals surface area contributed by atoms with Gasteiger partial charge in [-0.05, 0) is 12.1 Å². The second kappa shape index (κ2) is 6.50. The van der Waals surface area contributed by atoms with Gasteiger partial charge in [0.2, 0.25) is 0 Å². The van der Waals surface area contributed by atoms with Crippen molar-refractivity contribution >= 4 is 48.7 Å². The molecule has 84 valence electrons. The zero-order valence-corrected chi connectivity index (χ0v) is 9.81. The Morgan fingerprint density at radius 2 is 1.93 bits per heavy atom. The molecule has 0 radical (unpaired) electrons. The van der Waals surface area contributed by atoms with Crippen molar-refractivity contribution in [3.63, 3.8) is 0 Å². The quantitative estimate of drug-likeness (QED) is 0.866. The highest BCUT2D eigenvalue weighted by atomic mass is 35.5. The van der Waals surface area contributed by atoms with E-state index in [-0.39, 0.29) is 42.8 Å². The molecule has 0 aliphatic heterocycles. The lowest BCUT2D eigenvalue weighted by Gasteiger charge is -1.91. The second-order valence-electron chi connectivity index (χ2n) is 2.39. The zero-order chi connectivity index (χ0) is 8.55. The lowest BCUT2D eigenvalue weighted by molar-refractivity contribution is 0.0699. The lowest BCUT2D eigenvalue weighted by atomic mass is 10.3. The summed E-state index contributed by atoms with van der Waals surface area (Å²) in [5.74, 6) is -0.948. The lowest BCUT2D eigenvalue weighted by Crippen LogP contribution is -1.94. The number of carboxylic acids is 1. The fourth-order valence-electron chi connectivity index (χ4n) is 1.10. The largest absolute Gasteiger partial charge is 0.478 e. The first-order valence-electron chi connectivity index (χ1n) is 3.45. The smallest absolute Gasteiger partial charge is 0.339 e. The van der Waals surface area contributed by atoms with E-state index in [4.69, 9.17) is 5.11 Å². The summed E-state index contributed by atoms with van der Waals surface area (Å²) in [5.41, 5.74) is 0.848. The van der Waals surface area contributed by atoms with E-state index in [0.29, 0.717) is 5.52 Å². The Morgan fingerprint density at radius 1 is 1.27 bits per heavy atom. The molecule has 0 amide bonds. The number of fused-ring (bicyclic) bond motifs is 1. The van der Waals surface area contributed by atoms with Crippen molar-refractivity contribution < 1.29 is 9.90 Å². The number of rotatable bonds is 1. The first-order valence-corrected chi connectivity index (χ1v) is 3.45. The number of aromatic nitrogens is 2. The SMILES string of the molecule is Cl.Cl.Cl.O=C(O)c1cnn2ccccc12. The third-order valence-electron chi connectivity index (χ3n) is 1.66. The third kappa shape index (κ3) is 2.99. The van der Waals surface area contributed by atoms with Crippen LogP contribution >= 0.6 is 37.2 Å². The molecule has 7 heteroatoms. The van der Waals surface area contributed by atoms with Crippen LogP contribution in [0.1, 0.15) is 10.4 Å². The molecular formula is C8H9Cl3N2O2. The Bertz CT molecular complexity index is 444. The average molecular weight is 272 g/mol. The number of carboxylic acid groups (broad SMARTS) is 1. The normalized spacial score (nSPS) is 8.27. The van der Waals surface area contributed by atoms with E-state index in [2.05, 4.69) is 5.10 Å². The number of aromatic carboxylic acids is 1. The van der Waals surface area contributed by atoms with Crippen LogP contribution in [0.4, 0.5) is 0 Å². The summed E-state index contributed by atoms with van der Waals surface area (Å²) in [6.45, 7) is 0. The second-order valence-corrected chi connectivity index (χ2v) is 2.39. The molecule has 0 atom stereocenters. The Kier molecular flexibility index (Phi) is 7.13. The molecule has 1 N–H and O–H groups in total. The number of hydrogen-bond acceptors (Lipinski definition) is 2. The third-order valence-corrected chi connectivity index (χ3v) is 1.66. The average Bonchev–Trinajstić information content (AvgIpc) is 2.47. The minimum Gasteiger partial charge on any atom is -0.478 e. The first kappa shape index (κ1) is 16.5. The molecule has 2 aromatic rings. The summed E-state index contributed by atoms with van der Waals surface area (Å²) < 4.78 is 1.53. The van der Waals surface area contributed by atoms with Crippen LogP contribution in [0, 0.1) is 0 Å². The fraction of sp³-hybridized carbons (Fsp3) is 0. The number of hydrogen-bond donors (Lipinski definition) is 1.